The molecule has 0 saturated carbocycles. The van der Waals surface area contributed by atoms with E-state index in [1.54, 1.807) is 6.26 Å². The first-order chi connectivity index (χ1) is 10.3. The molecule has 1 aromatic carbocycles. The van der Waals surface area contributed by atoms with Crippen molar-refractivity contribution in [1.82, 2.24) is 0 Å². The van der Waals surface area contributed by atoms with Crippen LogP contribution in [0.1, 0.15) is 41.8 Å². The second kappa shape index (κ2) is 6.61. The molecule has 0 bridgehead atoms. The average Bonchev–Trinajstić information content (AvgIpc) is 3.07. The lowest BCUT2D eigenvalue weighted by Crippen LogP contribution is -2.29. The van der Waals surface area contributed by atoms with E-state index < -0.39 is 0 Å². The first-order valence-electron chi connectivity index (χ1n) is 7.73. The molecule has 0 atom stereocenters. The van der Waals surface area contributed by atoms with Gasteiger partial charge in [0.25, 0.3) is 0 Å². The molecule has 0 amide bonds. The fraction of sp³-hybridized carbons (Fsp3) is 0.389. The zero-order valence-electron chi connectivity index (χ0n) is 12.3. The Kier molecular flexibility index (Phi) is 4.39. The van der Waals surface area contributed by atoms with Gasteiger partial charge in [-0.2, -0.15) is 0 Å². The van der Waals surface area contributed by atoms with Crippen LogP contribution in [0.3, 0.4) is 0 Å². The summed E-state index contributed by atoms with van der Waals surface area (Å²) in [4.78, 5) is 14.6. The van der Waals surface area contributed by atoms with E-state index in [0.29, 0.717) is 12.8 Å². The highest BCUT2D eigenvalue weighted by Gasteiger charge is 2.12. The summed E-state index contributed by atoms with van der Waals surface area (Å²) in [6.07, 6.45) is 6.68. The number of ketones is 1. The molecule has 1 aliphatic rings. The van der Waals surface area contributed by atoms with Crippen LogP contribution in [-0.2, 0) is 6.42 Å². The van der Waals surface area contributed by atoms with E-state index in [1.807, 2.05) is 24.3 Å². The molecule has 3 rings (SSSR count). The van der Waals surface area contributed by atoms with E-state index in [0.717, 1.165) is 24.4 Å². The monoisotopic (exact) mass is 283 g/mol. The predicted molar refractivity (Wildman–Crippen MR) is 83.9 cm³/mol. The molecular formula is C18H21NO2. The third-order valence-electron chi connectivity index (χ3n) is 4.09. The Morgan fingerprint density at radius 2 is 1.81 bits per heavy atom. The summed E-state index contributed by atoms with van der Waals surface area (Å²) in [7, 11) is 0. The van der Waals surface area contributed by atoms with Crippen LogP contribution < -0.4 is 4.90 Å². The number of hydrogen-bond acceptors (Lipinski definition) is 3. The van der Waals surface area contributed by atoms with Gasteiger partial charge in [0, 0.05) is 37.2 Å². The van der Waals surface area contributed by atoms with Crippen LogP contribution >= 0.6 is 0 Å². The Morgan fingerprint density at radius 1 is 1.05 bits per heavy atom. The molecule has 0 unspecified atom stereocenters. The molecule has 1 aromatic heterocycles. The van der Waals surface area contributed by atoms with Gasteiger partial charge < -0.3 is 9.32 Å². The van der Waals surface area contributed by atoms with Crippen molar-refractivity contribution in [3.8, 4) is 0 Å². The van der Waals surface area contributed by atoms with Crippen molar-refractivity contribution < 1.29 is 9.21 Å². The maximum absolute atomic E-state index is 12.2. The number of carbonyl (C=O) groups is 1. The van der Waals surface area contributed by atoms with E-state index >= 15 is 0 Å². The van der Waals surface area contributed by atoms with Gasteiger partial charge in [-0.15, -0.1) is 0 Å². The number of anilines is 1. The number of Topliss-reactive ketones (excluding diaryl/α,β-unsaturated/α-hetero) is 1. The summed E-state index contributed by atoms with van der Waals surface area (Å²) in [5.41, 5.74) is 2.03. The van der Waals surface area contributed by atoms with Crippen molar-refractivity contribution in [3.63, 3.8) is 0 Å². The molecule has 3 heteroatoms. The quantitative estimate of drug-likeness (QED) is 0.775. The van der Waals surface area contributed by atoms with Crippen LogP contribution in [0.2, 0.25) is 0 Å². The largest absolute Gasteiger partial charge is 0.469 e. The Labute approximate surface area is 125 Å². The summed E-state index contributed by atoms with van der Waals surface area (Å²) in [5, 5.41) is 0. The molecule has 0 radical (unpaired) electrons. The third-order valence-corrected chi connectivity index (χ3v) is 4.09. The molecule has 2 heterocycles. The highest BCUT2D eigenvalue weighted by atomic mass is 16.3. The molecule has 0 N–H and O–H groups in total. The Morgan fingerprint density at radius 3 is 2.48 bits per heavy atom. The first kappa shape index (κ1) is 13.9. The SMILES string of the molecule is O=C(CCc1ccco1)c1ccc(N2CCCCC2)cc1. The number of piperidine rings is 1. The van der Waals surface area contributed by atoms with Crippen molar-refractivity contribution in [2.45, 2.75) is 32.1 Å². The van der Waals surface area contributed by atoms with Crippen molar-refractivity contribution in [2.75, 3.05) is 18.0 Å². The number of benzene rings is 1. The van der Waals surface area contributed by atoms with Crippen molar-refractivity contribution in [2.24, 2.45) is 0 Å². The van der Waals surface area contributed by atoms with E-state index in [9.17, 15) is 4.79 Å². The minimum absolute atomic E-state index is 0.177. The van der Waals surface area contributed by atoms with Crippen LogP contribution in [0, 0.1) is 0 Å². The van der Waals surface area contributed by atoms with Crippen LogP contribution in [0.25, 0.3) is 0 Å². The van der Waals surface area contributed by atoms with Gasteiger partial charge in [0.05, 0.1) is 6.26 Å². The summed E-state index contributed by atoms with van der Waals surface area (Å²) in [6, 6.07) is 11.8. The molecule has 1 saturated heterocycles. The van der Waals surface area contributed by atoms with E-state index in [1.165, 1.54) is 24.9 Å². The zero-order valence-corrected chi connectivity index (χ0v) is 12.3. The third kappa shape index (κ3) is 3.54. The second-order valence-corrected chi connectivity index (χ2v) is 5.60. The predicted octanol–water partition coefficient (Wildman–Crippen LogP) is 4.09. The van der Waals surface area contributed by atoms with Gasteiger partial charge in [-0.25, -0.2) is 0 Å². The molecule has 110 valence electrons. The van der Waals surface area contributed by atoms with Crippen LogP contribution in [0.15, 0.2) is 47.1 Å². The van der Waals surface area contributed by atoms with Crippen molar-refractivity contribution >= 4 is 11.5 Å². The van der Waals surface area contributed by atoms with E-state index in [-0.39, 0.29) is 5.78 Å². The number of carbonyl (C=O) groups excluding carboxylic acids is 1. The molecule has 0 aliphatic carbocycles. The Hall–Kier alpha value is -2.03. The number of furan rings is 1. The molecular weight excluding hydrogens is 262 g/mol. The van der Waals surface area contributed by atoms with Gasteiger partial charge in [0.15, 0.2) is 5.78 Å². The lowest BCUT2D eigenvalue weighted by molar-refractivity contribution is 0.0981. The highest BCUT2D eigenvalue weighted by Crippen LogP contribution is 2.21. The van der Waals surface area contributed by atoms with Gasteiger partial charge in [0.1, 0.15) is 5.76 Å². The van der Waals surface area contributed by atoms with Crippen LogP contribution in [0.4, 0.5) is 5.69 Å². The van der Waals surface area contributed by atoms with Gasteiger partial charge in [0.2, 0.25) is 0 Å². The molecule has 2 aromatic rings. The summed E-state index contributed by atoms with van der Waals surface area (Å²) in [6.45, 7) is 2.26. The standard InChI is InChI=1S/C18H21NO2/c20-18(11-10-17-5-4-14-21-17)15-6-8-16(9-7-15)19-12-2-1-3-13-19/h4-9,14H,1-3,10-13H2. The van der Waals surface area contributed by atoms with E-state index in [4.69, 9.17) is 4.42 Å². The number of nitrogens with zero attached hydrogens (tertiary/aromatic N) is 1. The second-order valence-electron chi connectivity index (χ2n) is 5.60. The Balaban J connectivity index is 1.59. The number of aryl methyl sites for hydroxylation is 1. The molecule has 1 aliphatic heterocycles. The molecule has 0 spiro atoms. The number of rotatable bonds is 5. The van der Waals surface area contributed by atoms with Crippen LogP contribution in [-0.4, -0.2) is 18.9 Å². The normalized spacial score (nSPS) is 15.1. The fourth-order valence-corrected chi connectivity index (χ4v) is 2.85. The van der Waals surface area contributed by atoms with Gasteiger partial charge in [-0.05, 0) is 55.7 Å². The minimum Gasteiger partial charge on any atom is -0.469 e. The minimum atomic E-state index is 0.177. The first-order valence-corrected chi connectivity index (χ1v) is 7.73. The maximum atomic E-state index is 12.2. The van der Waals surface area contributed by atoms with Gasteiger partial charge in [-0.3, -0.25) is 4.79 Å². The van der Waals surface area contributed by atoms with Gasteiger partial charge in [-0.1, -0.05) is 0 Å². The fourth-order valence-electron chi connectivity index (χ4n) is 2.85. The summed E-state index contributed by atoms with van der Waals surface area (Å²) < 4.78 is 5.26. The smallest absolute Gasteiger partial charge is 0.163 e. The van der Waals surface area contributed by atoms with Crippen molar-refractivity contribution in [1.29, 1.82) is 0 Å². The lowest BCUT2D eigenvalue weighted by atomic mass is 10.0. The molecule has 1 fully saturated rings. The summed E-state index contributed by atoms with van der Waals surface area (Å²) >= 11 is 0. The topological polar surface area (TPSA) is 33.5 Å². The zero-order chi connectivity index (χ0) is 14.5. The lowest BCUT2D eigenvalue weighted by Gasteiger charge is -2.28. The maximum Gasteiger partial charge on any atom is 0.163 e. The van der Waals surface area contributed by atoms with E-state index in [2.05, 4.69) is 17.0 Å². The Bertz CT molecular complexity index is 566. The van der Waals surface area contributed by atoms with Gasteiger partial charge >= 0.3 is 0 Å². The van der Waals surface area contributed by atoms with Crippen LogP contribution in [0.5, 0.6) is 0 Å². The molecule has 21 heavy (non-hydrogen) atoms. The molecule has 3 nitrogen and oxygen atoms in total. The number of hydrogen-bond donors (Lipinski definition) is 0. The summed E-state index contributed by atoms with van der Waals surface area (Å²) in [5.74, 6) is 1.05. The highest BCUT2D eigenvalue weighted by molar-refractivity contribution is 5.96. The van der Waals surface area contributed by atoms with Crippen molar-refractivity contribution in [3.05, 3.63) is 54.0 Å². The average molecular weight is 283 g/mol.